The zero-order valence-electron chi connectivity index (χ0n) is 33.1. The summed E-state index contributed by atoms with van der Waals surface area (Å²) >= 11 is 0. The molecule has 0 saturated carbocycles. The van der Waals surface area contributed by atoms with Gasteiger partial charge in [-0.15, -0.1) is 0 Å². The van der Waals surface area contributed by atoms with E-state index in [9.17, 15) is 29.7 Å². The van der Waals surface area contributed by atoms with Crippen molar-refractivity contribution in [2.45, 2.75) is 153 Å². The largest absolute Gasteiger partial charge is 0.387 e. The molecule has 4 aliphatic rings. The quantitative estimate of drug-likeness (QED) is 0.300. The van der Waals surface area contributed by atoms with Crippen molar-refractivity contribution in [2.75, 3.05) is 47.9 Å². The van der Waals surface area contributed by atoms with Gasteiger partial charge in [-0.2, -0.15) is 0 Å². The number of aliphatic hydroxyl groups excluding tert-OH is 2. The molecule has 0 aromatic rings. The van der Waals surface area contributed by atoms with E-state index in [4.69, 9.17) is 23.7 Å². The first-order valence-corrected chi connectivity index (χ1v) is 18.9. The predicted octanol–water partition coefficient (Wildman–Crippen LogP) is 0.712. The van der Waals surface area contributed by atoms with Crippen molar-refractivity contribution in [1.29, 1.82) is 0 Å². The minimum atomic E-state index is -1.58. The molecule has 0 bridgehead atoms. The molecule has 4 saturated heterocycles. The number of nitrogens with one attached hydrogen (secondary N) is 1. The van der Waals surface area contributed by atoms with E-state index in [1.807, 2.05) is 39.8 Å². The lowest BCUT2D eigenvalue weighted by atomic mass is 9.77. The van der Waals surface area contributed by atoms with Crippen molar-refractivity contribution in [3.05, 3.63) is 0 Å². The van der Waals surface area contributed by atoms with Gasteiger partial charge in [0.15, 0.2) is 12.6 Å². The molecule has 3 amide bonds. The maximum Gasteiger partial charge on any atom is 0.245 e. The molecule has 15 nitrogen and oxygen atoms in total. The second-order valence-corrected chi connectivity index (χ2v) is 16.7. The highest BCUT2D eigenvalue weighted by Crippen LogP contribution is 2.39. The van der Waals surface area contributed by atoms with Gasteiger partial charge in [0.1, 0.15) is 18.2 Å². The minimum absolute atomic E-state index is 0.146. The van der Waals surface area contributed by atoms with Gasteiger partial charge in [0.25, 0.3) is 0 Å². The number of amides is 3. The van der Waals surface area contributed by atoms with Crippen molar-refractivity contribution < 1.29 is 53.4 Å². The Hall–Kier alpha value is -1.95. The molecule has 4 aliphatic heterocycles. The Morgan fingerprint density at radius 1 is 1.00 bits per heavy atom. The first-order valence-electron chi connectivity index (χ1n) is 18.9. The van der Waals surface area contributed by atoms with Gasteiger partial charge < -0.3 is 59.0 Å². The summed E-state index contributed by atoms with van der Waals surface area (Å²) < 4.78 is 31.4. The molecule has 15 heteroatoms. The molecule has 4 rings (SSSR count). The van der Waals surface area contributed by atoms with Gasteiger partial charge >= 0.3 is 0 Å². The summed E-state index contributed by atoms with van der Waals surface area (Å²) in [4.78, 5) is 46.1. The van der Waals surface area contributed by atoms with E-state index in [0.717, 1.165) is 0 Å². The molecular formula is C37H66N4O11. The third-order valence-corrected chi connectivity index (χ3v) is 11.9. The summed E-state index contributed by atoms with van der Waals surface area (Å²) in [7, 11) is 6.97. The van der Waals surface area contributed by atoms with Crippen LogP contribution in [0.25, 0.3) is 0 Å². The molecular weight excluding hydrogens is 676 g/mol. The second-order valence-electron chi connectivity index (χ2n) is 16.7. The summed E-state index contributed by atoms with van der Waals surface area (Å²) in [5, 5.41) is 37.7. The van der Waals surface area contributed by atoms with Crippen LogP contribution in [0.15, 0.2) is 0 Å². The molecule has 15 atom stereocenters. The number of likely N-dealkylation sites (N-methyl/N-ethyl adjacent to an activating group) is 2. The SMILES string of the molecule is CO[C@]1(C)C[C@H](O[C@H]2[C@H](C)[C@@H](O[C@@H]3O[C@H](C)C[C@H](N(C)C)[C@H]3O)[C@](C)(O)C[C@@H](C)CN(C)C(=O)[C@@H]3CCCN3C(=O)CNC(=O)[C@@H]2C)O[C@@H](C)[C@@H]1O. The van der Waals surface area contributed by atoms with E-state index in [-0.39, 0.29) is 49.3 Å². The summed E-state index contributed by atoms with van der Waals surface area (Å²) in [6.07, 6.45) is -4.87. The van der Waals surface area contributed by atoms with E-state index in [0.29, 0.717) is 32.4 Å². The molecule has 0 aliphatic carbocycles. The smallest absolute Gasteiger partial charge is 0.245 e. The van der Waals surface area contributed by atoms with E-state index in [1.165, 1.54) is 7.11 Å². The predicted molar refractivity (Wildman–Crippen MR) is 191 cm³/mol. The van der Waals surface area contributed by atoms with Crippen LogP contribution in [0, 0.1) is 17.8 Å². The Balaban J connectivity index is 1.76. The van der Waals surface area contributed by atoms with E-state index < -0.39 is 78.1 Å². The average molecular weight is 743 g/mol. The molecule has 0 aromatic heterocycles. The van der Waals surface area contributed by atoms with Crippen molar-refractivity contribution >= 4 is 17.7 Å². The Kier molecular flexibility index (Phi) is 14.2. The molecule has 0 unspecified atom stereocenters. The number of hydrogen-bond acceptors (Lipinski definition) is 12. The van der Waals surface area contributed by atoms with Gasteiger partial charge in [-0.3, -0.25) is 14.4 Å². The highest BCUT2D eigenvalue weighted by molar-refractivity contribution is 5.91. The second kappa shape index (κ2) is 17.2. The zero-order chi connectivity index (χ0) is 38.9. The summed E-state index contributed by atoms with van der Waals surface area (Å²) in [5.41, 5.74) is -2.59. The first kappa shape index (κ1) is 42.8. The molecule has 4 N–H and O–H groups in total. The molecule has 0 spiro atoms. The lowest BCUT2D eigenvalue weighted by Crippen LogP contribution is -2.61. The van der Waals surface area contributed by atoms with Crippen LogP contribution in [0.1, 0.15) is 80.6 Å². The number of fused-ring (bicyclic) bond motifs is 1. The number of aliphatic hydroxyl groups is 3. The van der Waals surface area contributed by atoms with Crippen molar-refractivity contribution in [2.24, 2.45) is 17.8 Å². The number of hydrogen-bond donors (Lipinski definition) is 4. The zero-order valence-corrected chi connectivity index (χ0v) is 33.1. The van der Waals surface area contributed by atoms with Crippen LogP contribution in [0.2, 0.25) is 0 Å². The van der Waals surface area contributed by atoms with Crippen LogP contribution in [0.4, 0.5) is 0 Å². The van der Waals surface area contributed by atoms with Gasteiger partial charge in [0.05, 0.1) is 48.1 Å². The van der Waals surface area contributed by atoms with E-state index in [1.54, 1.807) is 44.5 Å². The number of carbonyl (C=O) groups excluding carboxylic acids is 3. The third kappa shape index (κ3) is 9.46. The summed E-state index contributed by atoms with van der Waals surface area (Å²) in [5.74, 6) is -2.87. The molecule has 0 aromatic carbocycles. The van der Waals surface area contributed by atoms with Crippen molar-refractivity contribution in [3.8, 4) is 0 Å². The normalized spacial score (nSPS) is 44.9. The van der Waals surface area contributed by atoms with Gasteiger partial charge in [0.2, 0.25) is 17.7 Å². The standard InChI is InChI=1S/C37H66N4O11/c1-20-16-36(6,47)32(52-35-29(43)26(39(8)9)15-21(2)49-35)22(3)30(51-28-17-37(7,48-11)31(44)24(5)50-28)23(4)33(45)38-18-27(42)41-14-12-13-25(41)34(46)40(10)19-20/h20-26,28-32,35,43-44,47H,12-19H2,1-11H3,(H,38,45)/t20-,21-,22+,23-,24+,25+,26+,28+,29-,30+,31+,32-,35+,36-,37-/m1/s1. The molecule has 300 valence electrons. The van der Waals surface area contributed by atoms with Crippen LogP contribution < -0.4 is 5.32 Å². The van der Waals surface area contributed by atoms with Crippen LogP contribution >= 0.6 is 0 Å². The Morgan fingerprint density at radius 2 is 1.67 bits per heavy atom. The topological polar surface area (TPSA) is 180 Å². The van der Waals surface area contributed by atoms with Crippen LogP contribution in [0.3, 0.4) is 0 Å². The maximum absolute atomic E-state index is 14.0. The van der Waals surface area contributed by atoms with Gasteiger partial charge in [-0.1, -0.05) is 20.8 Å². The van der Waals surface area contributed by atoms with Crippen molar-refractivity contribution in [1.82, 2.24) is 20.0 Å². The molecule has 4 heterocycles. The van der Waals surface area contributed by atoms with Gasteiger partial charge in [0, 0.05) is 45.6 Å². The average Bonchev–Trinajstić information content (AvgIpc) is 3.56. The number of ether oxygens (including phenoxy) is 5. The highest BCUT2D eigenvalue weighted by atomic mass is 16.7. The van der Waals surface area contributed by atoms with Crippen LogP contribution in [-0.4, -0.2) is 168 Å². The Labute approximate surface area is 309 Å². The first-order chi connectivity index (χ1) is 24.2. The Morgan fingerprint density at radius 3 is 2.31 bits per heavy atom. The number of nitrogens with zero attached hydrogens (tertiary/aromatic N) is 3. The monoisotopic (exact) mass is 742 g/mol. The summed E-state index contributed by atoms with van der Waals surface area (Å²) in [6.45, 7) is 12.9. The number of rotatable bonds is 6. The van der Waals surface area contributed by atoms with E-state index in [2.05, 4.69) is 5.32 Å². The fraction of sp³-hybridized carbons (Fsp3) is 0.919. The maximum atomic E-state index is 14.0. The molecule has 4 fully saturated rings. The number of methoxy groups -OCH3 is 1. The minimum Gasteiger partial charge on any atom is -0.387 e. The molecule has 52 heavy (non-hydrogen) atoms. The number of carbonyl (C=O) groups is 3. The lowest BCUT2D eigenvalue weighted by Gasteiger charge is -2.49. The fourth-order valence-corrected chi connectivity index (χ4v) is 8.87. The highest BCUT2D eigenvalue weighted by Gasteiger charge is 2.51. The molecule has 0 radical (unpaired) electrons. The van der Waals surface area contributed by atoms with E-state index >= 15 is 0 Å². The van der Waals surface area contributed by atoms with Crippen molar-refractivity contribution in [3.63, 3.8) is 0 Å². The summed E-state index contributed by atoms with van der Waals surface area (Å²) in [6, 6.07) is -0.911. The fourth-order valence-electron chi connectivity index (χ4n) is 8.87. The Bertz CT molecular complexity index is 1240. The lowest BCUT2D eigenvalue weighted by molar-refractivity contribution is -0.317. The van der Waals surface area contributed by atoms with Gasteiger partial charge in [-0.05, 0) is 73.4 Å². The van der Waals surface area contributed by atoms with Gasteiger partial charge in [-0.25, -0.2) is 0 Å². The third-order valence-electron chi connectivity index (χ3n) is 11.9. The van der Waals surface area contributed by atoms with Crippen LogP contribution in [-0.2, 0) is 38.1 Å². The van der Waals surface area contributed by atoms with Crippen LogP contribution in [0.5, 0.6) is 0 Å².